The quantitative estimate of drug-likeness (QED) is 0.696. The molecule has 26 heavy (non-hydrogen) atoms. The van der Waals surface area contributed by atoms with Crippen LogP contribution in [0.5, 0.6) is 0 Å². The second kappa shape index (κ2) is 7.51. The summed E-state index contributed by atoms with van der Waals surface area (Å²) in [5.41, 5.74) is 4.30. The summed E-state index contributed by atoms with van der Waals surface area (Å²) in [7, 11) is 4.00. The van der Waals surface area contributed by atoms with Crippen molar-refractivity contribution in [2.75, 3.05) is 27.2 Å². The number of imidazole rings is 1. The number of halogens is 1. The lowest BCUT2D eigenvalue weighted by atomic mass is 10.1. The summed E-state index contributed by atoms with van der Waals surface area (Å²) >= 11 is 6.11. The molecule has 3 rings (SSSR count). The lowest BCUT2D eigenvalue weighted by Crippen LogP contribution is -2.37. The van der Waals surface area contributed by atoms with E-state index in [9.17, 15) is 4.79 Å². The molecule has 0 spiro atoms. The maximum atomic E-state index is 13.3. The standard InChI is InChI=1S/C19H24ClN5O/c1-12-15-9-14(20)5-6-16(15)23-18(12)19(26)25(8-7-24(3)4)10-17-13(2)21-11-22-17/h5-6,9,11,23H,7-8,10H2,1-4H3,(H,21,22). The molecule has 2 N–H and O–H groups in total. The van der Waals surface area contributed by atoms with Gasteiger partial charge in [0.15, 0.2) is 0 Å². The lowest BCUT2D eigenvalue weighted by molar-refractivity contribution is 0.0724. The van der Waals surface area contributed by atoms with Gasteiger partial charge in [-0.1, -0.05) is 11.6 Å². The highest BCUT2D eigenvalue weighted by molar-refractivity contribution is 6.31. The number of aromatic amines is 2. The highest BCUT2D eigenvalue weighted by Crippen LogP contribution is 2.26. The Balaban J connectivity index is 1.93. The van der Waals surface area contributed by atoms with Crippen molar-refractivity contribution in [2.45, 2.75) is 20.4 Å². The molecule has 0 aliphatic heterocycles. The van der Waals surface area contributed by atoms with Gasteiger partial charge in [0, 0.05) is 34.7 Å². The Morgan fingerprint density at radius 3 is 2.65 bits per heavy atom. The number of carbonyl (C=O) groups is 1. The van der Waals surface area contributed by atoms with Gasteiger partial charge in [0.05, 0.1) is 18.6 Å². The van der Waals surface area contributed by atoms with Crippen molar-refractivity contribution < 1.29 is 4.79 Å². The highest BCUT2D eigenvalue weighted by atomic mass is 35.5. The van der Waals surface area contributed by atoms with Crippen LogP contribution in [0.2, 0.25) is 5.02 Å². The number of aryl methyl sites for hydroxylation is 2. The van der Waals surface area contributed by atoms with Gasteiger partial charge in [-0.15, -0.1) is 0 Å². The number of likely N-dealkylation sites (N-methyl/N-ethyl adjacent to an activating group) is 1. The average molecular weight is 374 g/mol. The molecule has 0 fully saturated rings. The third-order valence-corrected chi connectivity index (χ3v) is 4.85. The van der Waals surface area contributed by atoms with Crippen molar-refractivity contribution in [1.29, 1.82) is 0 Å². The first-order valence-corrected chi connectivity index (χ1v) is 8.95. The zero-order valence-corrected chi connectivity index (χ0v) is 16.3. The van der Waals surface area contributed by atoms with E-state index in [0.717, 1.165) is 34.4 Å². The number of hydrogen-bond acceptors (Lipinski definition) is 3. The Hall–Kier alpha value is -2.31. The Morgan fingerprint density at radius 2 is 2.00 bits per heavy atom. The summed E-state index contributed by atoms with van der Waals surface area (Å²) in [4.78, 5) is 27.9. The first-order chi connectivity index (χ1) is 12.4. The van der Waals surface area contributed by atoms with Gasteiger partial charge in [-0.3, -0.25) is 4.79 Å². The van der Waals surface area contributed by atoms with Crippen molar-refractivity contribution in [2.24, 2.45) is 0 Å². The van der Waals surface area contributed by atoms with Gasteiger partial charge < -0.3 is 19.8 Å². The molecular formula is C19H24ClN5O. The van der Waals surface area contributed by atoms with Crippen LogP contribution in [-0.4, -0.2) is 57.8 Å². The molecule has 0 aliphatic rings. The van der Waals surface area contributed by atoms with Crippen molar-refractivity contribution in [3.8, 4) is 0 Å². The molecule has 0 unspecified atom stereocenters. The number of rotatable bonds is 6. The molecule has 0 atom stereocenters. The molecule has 7 heteroatoms. The van der Waals surface area contributed by atoms with E-state index in [1.165, 1.54) is 0 Å². The van der Waals surface area contributed by atoms with Crippen LogP contribution in [-0.2, 0) is 6.54 Å². The maximum Gasteiger partial charge on any atom is 0.270 e. The SMILES string of the molecule is Cc1[nH]cnc1CN(CCN(C)C)C(=O)c1[nH]c2ccc(Cl)cc2c1C. The first-order valence-electron chi connectivity index (χ1n) is 8.57. The summed E-state index contributed by atoms with van der Waals surface area (Å²) in [6, 6.07) is 5.62. The van der Waals surface area contributed by atoms with Gasteiger partial charge >= 0.3 is 0 Å². The average Bonchev–Trinajstić information content (AvgIpc) is 3.14. The second-order valence-electron chi connectivity index (χ2n) is 6.82. The van der Waals surface area contributed by atoms with E-state index in [1.807, 2.05) is 51.0 Å². The lowest BCUT2D eigenvalue weighted by Gasteiger charge is -2.24. The van der Waals surface area contributed by atoms with Gasteiger partial charge in [0.2, 0.25) is 0 Å². The van der Waals surface area contributed by atoms with E-state index in [-0.39, 0.29) is 5.91 Å². The summed E-state index contributed by atoms with van der Waals surface area (Å²) in [6.07, 6.45) is 1.66. The minimum Gasteiger partial charge on any atom is -0.350 e. The molecular weight excluding hydrogens is 350 g/mol. The predicted molar refractivity (Wildman–Crippen MR) is 105 cm³/mol. The minimum absolute atomic E-state index is 0.0286. The van der Waals surface area contributed by atoms with E-state index in [1.54, 1.807) is 6.33 Å². The van der Waals surface area contributed by atoms with Gasteiger partial charge in [-0.05, 0) is 51.7 Å². The fourth-order valence-corrected chi connectivity index (χ4v) is 3.14. The molecule has 0 aliphatic carbocycles. The Bertz CT molecular complexity index is 927. The molecule has 1 aromatic carbocycles. The smallest absolute Gasteiger partial charge is 0.270 e. The molecule has 0 saturated heterocycles. The maximum absolute atomic E-state index is 13.3. The summed E-state index contributed by atoms with van der Waals surface area (Å²) < 4.78 is 0. The number of nitrogens with zero attached hydrogens (tertiary/aromatic N) is 3. The van der Waals surface area contributed by atoms with Crippen LogP contribution in [0.15, 0.2) is 24.5 Å². The van der Waals surface area contributed by atoms with E-state index >= 15 is 0 Å². The molecule has 0 saturated carbocycles. The summed E-state index contributed by atoms with van der Waals surface area (Å²) in [5.74, 6) is -0.0286. The third-order valence-electron chi connectivity index (χ3n) is 4.61. The number of fused-ring (bicyclic) bond motifs is 1. The van der Waals surface area contributed by atoms with Crippen LogP contribution in [0.1, 0.15) is 27.4 Å². The van der Waals surface area contributed by atoms with Crippen molar-refractivity contribution in [3.63, 3.8) is 0 Å². The number of H-pyrrole nitrogens is 2. The predicted octanol–water partition coefficient (Wildman–Crippen LogP) is 3.37. The van der Waals surface area contributed by atoms with Crippen LogP contribution in [0, 0.1) is 13.8 Å². The van der Waals surface area contributed by atoms with Crippen molar-refractivity contribution in [1.82, 2.24) is 24.8 Å². The molecule has 3 aromatic rings. The molecule has 1 amide bonds. The van der Waals surface area contributed by atoms with Gasteiger partial charge in [0.25, 0.3) is 5.91 Å². The van der Waals surface area contributed by atoms with Gasteiger partial charge in [-0.25, -0.2) is 4.98 Å². The zero-order chi connectivity index (χ0) is 18.8. The van der Waals surface area contributed by atoms with Gasteiger partial charge in [-0.2, -0.15) is 0 Å². The zero-order valence-electron chi connectivity index (χ0n) is 15.6. The molecule has 2 aromatic heterocycles. The van der Waals surface area contributed by atoms with Gasteiger partial charge in [0.1, 0.15) is 5.69 Å². The van der Waals surface area contributed by atoms with Crippen LogP contribution in [0.3, 0.4) is 0 Å². The minimum atomic E-state index is -0.0286. The fourth-order valence-electron chi connectivity index (χ4n) is 2.97. The second-order valence-corrected chi connectivity index (χ2v) is 7.26. The van der Waals surface area contributed by atoms with Crippen molar-refractivity contribution >= 4 is 28.4 Å². The summed E-state index contributed by atoms with van der Waals surface area (Å²) in [5, 5.41) is 1.64. The van der Waals surface area contributed by atoms with E-state index in [4.69, 9.17) is 11.6 Å². The number of benzene rings is 1. The molecule has 6 nitrogen and oxygen atoms in total. The van der Waals surface area contributed by atoms with E-state index in [2.05, 4.69) is 19.9 Å². The number of hydrogen-bond donors (Lipinski definition) is 2. The van der Waals surface area contributed by atoms with E-state index < -0.39 is 0 Å². The molecule has 138 valence electrons. The topological polar surface area (TPSA) is 68.0 Å². The third kappa shape index (κ3) is 3.76. The number of amides is 1. The summed E-state index contributed by atoms with van der Waals surface area (Å²) in [6.45, 7) is 5.78. The molecule has 2 heterocycles. The van der Waals surface area contributed by atoms with Crippen LogP contribution >= 0.6 is 11.6 Å². The largest absolute Gasteiger partial charge is 0.350 e. The van der Waals surface area contributed by atoms with E-state index in [0.29, 0.717) is 23.8 Å². The Kier molecular flexibility index (Phi) is 5.34. The highest BCUT2D eigenvalue weighted by Gasteiger charge is 2.22. The van der Waals surface area contributed by atoms with Crippen LogP contribution in [0.25, 0.3) is 10.9 Å². The van der Waals surface area contributed by atoms with Crippen molar-refractivity contribution in [3.05, 3.63) is 52.2 Å². The Morgan fingerprint density at radius 1 is 1.23 bits per heavy atom. The van der Waals surface area contributed by atoms with Crippen LogP contribution in [0.4, 0.5) is 0 Å². The first kappa shape index (κ1) is 18.5. The fraction of sp³-hybridized carbons (Fsp3) is 0.368. The van der Waals surface area contributed by atoms with Crippen LogP contribution < -0.4 is 0 Å². The number of carbonyl (C=O) groups excluding carboxylic acids is 1. The normalized spacial score (nSPS) is 11.5. The Labute approximate surface area is 158 Å². The number of nitrogens with one attached hydrogen (secondary N) is 2. The number of aromatic nitrogens is 3. The molecule has 0 bridgehead atoms. The monoisotopic (exact) mass is 373 g/mol. The molecule has 0 radical (unpaired) electrons.